The van der Waals surface area contributed by atoms with Gasteiger partial charge in [0.15, 0.2) is 5.89 Å². The lowest BCUT2D eigenvalue weighted by Gasteiger charge is -2.04. The minimum atomic E-state index is -0.329. The standard InChI is InChI=1S/C13H14N2O3/c1-8-12(18-9(2)14-8)13(17)15-11-5-3-10(7-16)4-6-11/h3-6,16H,7H2,1-2H3,(H,15,17). The van der Waals surface area contributed by atoms with Gasteiger partial charge in [-0.2, -0.15) is 0 Å². The van der Waals surface area contributed by atoms with E-state index in [1.165, 1.54) is 0 Å². The van der Waals surface area contributed by atoms with Crippen LogP contribution in [-0.4, -0.2) is 16.0 Å². The highest BCUT2D eigenvalue weighted by atomic mass is 16.4. The zero-order chi connectivity index (χ0) is 13.1. The van der Waals surface area contributed by atoms with Gasteiger partial charge >= 0.3 is 0 Å². The lowest BCUT2D eigenvalue weighted by Crippen LogP contribution is -2.12. The van der Waals surface area contributed by atoms with Crippen LogP contribution in [0, 0.1) is 13.8 Å². The lowest BCUT2D eigenvalue weighted by molar-refractivity contribution is 0.0994. The number of aryl methyl sites for hydroxylation is 2. The van der Waals surface area contributed by atoms with Crippen LogP contribution in [0.1, 0.15) is 27.7 Å². The number of nitrogens with zero attached hydrogens (tertiary/aromatic N) is 1. The van der Waals surface area contributed by atoms with Gasteiger partial charge in [0.2, 0.25) is 5.76 Å². The predicted molar refractivity (Wildman–Crippen MR) is 66.3 cm³/mol. The highest BCUT2D eigenvalue weighted by molar-refractivity contribution is 6.02. The summed E-state index contributed by atoms with van der Waals surface area (Å²) in [6, 6.07) is 6.94. The van der Waals surface area contributed by atoms with Crippen LogP contribution in [0.25, 0.3) is 0 Å². The molecule has 0 atom stereocenters. The monoisotopic (exact) mass is 246 g/mol. The summed E-state index contributed by atoms with van der Waals surface area (Å²) in [6.07, 6.45) is 0. The molecule has 5 heteroatoms. The van der Waals surface area contributed by atoms with Crippen molar-refractivity contribution < 1.29 is 14.3 Å². The fourth-order valence-corrected chi connectivity index (χ4v) is 1.62. The molecule has 0 unspecified atom stereocenters. The van der Waals surface area contributed by atoms with Gasteiger partial charge < -0.3 is 14.8 Å². The molecular weight excluding hydrogens is 232 g/mol. The van der Waals surface area contributed by atoms with E-state index < -0.39 is 0 Å². The van der Waals surface area contributed by atoms with E-state index in [0.29, 0.717) is 17.3 Å². The number of aromatic nitrogens is 1. The van der Waals surface area contributed by atoms with Crippen LogP contribution in [0.15, 0.2) is 28.7 Å². The summed E-state index contributed by atoms with van der Waals surface area (Å²) in [7, 11) is 0. The van der Waals surface area contributed by atoms with E-state index in [1.54, 1.807) is 38.1 Å². The summed E-state index contributed by atoms with van der Waals surface area (Å²) in [4.78, 5) is 15.9. The van der Waals surface area contributed by atoms with E-state index in [2.05, 4.69) is 10.3 Å². The average Bonchev–Trinajstić information content (AvgIpc) is 2.69. The van der Waals surface area contributed by atoms with E-state index in [-0.39, 0.29) is 18.3 Å². The van der Waals surface area contributed by atoms with Gasteiger partial charge in [-0.1, -0.05) is 12.1 Å². The summed E-state index contributed by atoms with van der Waals surface area (Å²) in [5, 5.41) is 11.6. The van der Waals surface area contributed by atoms with Crippen molar-refractivity contribution in [2.24, 2.45) is 0 Å². The van der Waals surface area contributed by atoms with Crippen molar-refractivity contribution in [1.29, 1.82) is 0 Å². The second-order valence-corrected chi connectivity index (χ2v) is 3.96. The van der Waals surface area contributed by atoms with Crippen LogP contribution in [0.4, 0.5) is 5.69 Å². The predicted octanol–water partition coefficient (Wildman–Crippen LogP) is 2.04. The normalized spacial score (nSPS) is 10.4. The molecule has 1 aromatic carbocycles. The summed E-state index contributed by atoms with van der Waals surface area (Å²) >= 11 is 0. The van der Waals surface area contributed by atoms with Gasteiger partial charge in [-0.25, -0.2) is 4.98 Å². The molecule has 2 N–H and O–H groups in total. The number of amides is 1. The topological polar surface area (TPSA) is 75.4 Å². The zero-order valence-corrected chi connectivity index (χ0v) is 10.2. The maximum absolute atomic E-state index is 11.9. The van der Waals surface area contributed by atoms with Crippen molar-refractivity contribution >= 4 is 11.6 Å². The number of benzene rings is 1. The number of hydrogen-bond donors (Lipinski definition) is 2. The maximum Gasteiger partial charge on any atom is 0.293 e. The molecule has 94 valence electrons. The van der Waals surface area contributed by atoms with Crippen molar-refractivity contribution in [3.05, 3.63) is 47.2 Å². The molecule has 0 radical (unpaired) electrons. The Morgan fingerprint density at radius 2 is 2.00 bits per heavy atom. The third kappa shape index (κ3) is 2.57. The van der Waals surface area contributed by atoms with E-state index in [0.717, 1.165) is 5.56 Å². The number of rotatable bonds is 3. The van der Waals surface area contributed by atoms with E-state index in [9.17, 15) is 4.79 Å². The minimum absolute atomic E-state index is 0.0192. The lowest BCUT2D eigenvalue weighted by atomic mass is 10.2. The maximum atomic E-state index is 11.9. The Labute approximate surface area is 104 Å². The second kappa shape index (κ2) is 5.01. The van der Waals surface area contributed by atoms with Crippen molar-refractivity contribution in [2.45, 2.75) is 20.5 Å². The quantitative estimate of drug-likeness (QED) is 0.869. The number of carbonyl (C=O) groups excluding carboxylic acids is 1. The van der Waals surface area contributed by atoms with Crippen LogP contribution >= 0.6 is 0 Å². The average molecular weight is 246 g/mol. The Kier molecular flexibility index (Phi) is 3.43. The number of aliphatic hydroxyl groups excluding tert-OH is 1. The molecule has 0 aliphatic heterocycles. The van der Waals surface area contributed by atoms with Gasteiger partial charge in [0.1, 0.15) is 0 Å². The zero-order valence-electron chi connectivity index (χ0n) is 10.2. The molecule has 0 aliphatic rings. The van der Waals surface area contributed by atoms with Gasteiger partial charge in [0.05, 0.1) is 12.3 Å². The Morgan fingerprint density at radius 1 is 1.33 bits per heavy atom. The Balaban J connectivity index is 2.13. The van der Waals surface area contributed by atoms with Gasteiger partial charge in [0.25, 0.3) is 5.91 Å². The van der Waals surface area contributed by atoms with E-state index in [4.69, 9.17) is 9.52 Å². The smallest absolute Gasteiger partial charge is 0.293 e. The molecule has 1 amide bonds. The van der Waals surface area contributed by atoms with Crippen LogP contribution in [0.3, 0.4) is 0 Å². The summed E-state index contributed by atoms with van der Waals surface area (Å²) in [6.45, 7) is 3.40. The van der Waals surface area contributed by atoms with Crippen LogP contribution in [-0.2, 0) is 6.61 Å². The molecule has 0 fully saturated rings. The Morgan fingerprint density at radius 3 is 2.50 bits per heavy atom. The summed E-state index contributed by atoms with van der Waals surface area (Å²) in [5.74, 6) is 0.358. The van der Waals surface area contributed by atoms with Gasteiger partial charge in [-0.3, -0.25) is 4.79 Å². The number of hydrogen-bond acceptors (Lipinski definition) is 4. The van der Waals surface area contributed by atoms with Crippen LogP contribution < -0.4 is 5.32 Å². The Hall–Kier alpha value is -2.14. The molecule has 18 heavy (non-hydrogen) atoms. The largest absolute Gasteiger partial charge is 0.436 e. The molecule has 5 nitrogen and oxygen atoms in total. The van der Waals surface area contributed by atoms with Crippen molar-refractivity contribution in [1.82, 2.24) is 4.98 Å². The van der Waals surface area contributed by atoms with Gasteiger partial charge in [-0.15, -0.1) is 0 Å². The second-order valence-electron chi connectivity index (χ2n) is 3.96. The molecule has 1 heterocycles. The Bertz CT molecular complexity index is 558. The van der Waals surface area contributed by atoms with E-state index in [1.807, 2.05) is 0 Å². The fraction of sp³-hybridized carbons (Fsp3) is 0.231. The first-order chi connectivity index (χ1) is 8.60. The molecular formula is C13H14N2O3. The number of oxazole rings is 1. The number of aliphatic hydroxyl groups is 1. The molecule has 0 bridgehead atoms. The molecule has 0 spiro atoms. The highest BCUT2D eigenvalue weighted by Crippen LogP contribution is 2.14. The first-order valence-corrected chi connectivity index (χ1v) is 5.55. The van der Waals surface area contributed by atoms with Crippen LogP contribution in [0.5, 0.6) is 0 Å². The summed E-state index contributed by atoms with van der Waals surface area (Å²) in [5.41, 5.74) is 2.00. The first-order valence-electron chi connectivity index (χ1n) is 5.55. The number of carbonyl (C=O) groups is 1. The molecule has 0 aliphatic carbocycles. The molecule has 0 saturated heterocycles. The molecule has 2 aromatic rings. The molecule has 2 rings (SSSR count). The molecule has 0 saturated carbocycles. The third-order valence-electron chi connectivity index (χ3n) is 2.50. The van der Waals surface area contributed by atoms with Crippen molar-refractivity contribution in [2.75, 3.05) is 5.32 Å². The minimum Gasteiger partial charge on any atom is -0.436 e. The summed E-state index contributed by atoms with van der Waals surface area (Å²) < 4.78 is 5.23. The van der Waals surface area contributed by atoms with Crippen molar-refractivity contribution in [3.8, 4) is 0 Å². The van der Waals surface area contributed by atoms with E-state index >= 15 is 0 Å². The SMILES string of the molecule is Cc1nc(C)c(C(=O)Nc2ccc(CO)cc2)o1. The van der Waals surface area contributed by atoms with Gasteiger partial charge in [-0.05, 0) is 24.6 Å². The first kappa shape index (κ1) is 12.3. The number of anilines is 1. The van der Waals surface area contributed by atoms with Crippen molar-refractivity contribution in [3.63, 3.8) is 0 Å². The third-order valence-corrected chi connectivity index (χ3v) is 2.50. The molecule has 1 aromatic heterocycles. The highest BCUT2D eigenvalue weighted by Gasteiger charge is 2.15. The van der Waals surface area contributed by atoms with Gasteiger partial charge in [0, 0.05) is 12.6 Å². The fourth-order valence-electron chi connectivity index (χ4n) is 1.62. The number of nitrogens with one attached hydrogen (secondary N) is 1. The van der Waals surface area contributed by atoms with Crippen LogP contribution in [0.2, 0.25) is 0 Å².